The van der Waals surface area contributed by atoms with E-state index in [0.29, 0.717) is 28.2 Å². The van der Waals surface area contributed by atoms with Gasteiger partial charge in [0.2, 0.25) is 5.91 Å². The van der Waals surface area contributed by atoms with Crippen LogP contribution in [0.5, 0.6) is 0 Å². The molecule has 2 unspecified atom stereocenters. The van der Waals surface area contributed by atoms with Crippen molar-refractivity contribution in [1.82, 2.24) is 25.8 Å². The highest BCUT2D eigenvalue weighted by Crippen LogP contribution is 2.36. The second-order valence-electron chi connectivity index (χ2n) is 9.29. The zero-order chi connectivity index (χ0) is 25.4. The van der Waals surface area contributed by atoms with Crippen LogP contribution in [0.25, 0.3) is 11.8 Å². The average molecular weight is 494 g/mol. The molecule has 0 spiro atoms. The number of rotatable bonds is 6. The number of nitriles is 1. The van der Waals surface area contributed by atoms with Crippen LogP contribution in [-0.4, -0.2) is 77.6 Å². The fourth-order valence-corrected chi connectivity index (χ4v) is 4.70. The van der Waals surface area contributed by atoms with Crippen molar-refractivity contribution < 1.29 is 23.1 Å². The van der Waals surface area contributed by atoms with Gasteiger partial charge in [-0.25, -0.2) is 13.2 Å². The Morgan fingerprint density at radius 3 is 2.74 bits per heavy atom. The number of nitrogens with one attached hydrogen (secondary N) is 5. The van der Waals surface area contributed by atoms with Crippen LogP contribution in [0.15, 0.2) is 17.3 Å². The lowest BCUT2D eigenvalue weighted by atomic mass is 9.86. The molecule has 0 radical (unpaired) electrons. The van der Waals surface area contributed by atoms with E-state index in [1.54, 1.807) is 13.1 Å². The van der Waals surface area contributed by atoms with Crippen LogP contribution in [0.4, 0.5) is 19.0 Å². The number of carbonyl (C=O) groups is 1. The predicted molar refractivity (Wildman–Crippen MR) is 125 cm³/mol. The number of aromatic amines is 1. The monoisotopic (exact) mass is 493 g/mol. The van der Waals surface area contributed by atoms with Gasteiger partial charge in [0, 0.05) is 74.9 Å². The molecule has 3 aliphatic rings. The summed E-state index contributed by atoms with van der Waals surface area (Å²) in [6.07, 6.45) is 2.76. The van der Waals surface area contributed by atoms with Gasteiger partial charge >= 0.3 is 0 Å². The largest absolute Gasteiger partial charge is 0.387 e. The van der Waals surface area contributed by atoms with Crippen molar-refractivity contribution in [3.8, 4) is 6.07 Å². The number of H-pyrrole nitrogens is 1. The van der Waals surface area contributed by atoms with Crippen LogP contribution in [0.2, 0.25) is 0 Å². The fraction of sp³-hybridized carbons (Fsp3) is 0.565. The van der Waals surface area contributed by atoms with Gasteiger partial charge in [0.25, 0.3) is 5.92 Å². The van der Waals surface area contributed by atoms with Crippen molar-refractivity contribution in [2.75, 3.05) is 38.1 Å². The Kier molecular flexibility index (Phi) is 6.86. The normalized spacial score (nSPS) is 22.9. The summed E-state index contributed by atoms with van der Waals surface area (Å²) in [6, 6.07) is 1.55. The van der Waals surface area contributed by atoms with E-state index in [1.807, 2.05) is 0 Å². The standard InChI is InChI=1S/C23H30F3N7O2/c1-13(23(26)3-5-33(6-4-23)18(35)12-34)31-21-30-9-14(8-27)19(32-21)17-11-29-20-16(17)7-15(10-28-20)22(2,24)25/h7,11,13,21,28-32,34H,3-6,9-10,12H2,1-2H3. The molecule has 9 nitrogen and oxygen atoms in total. The first-order chi connectivity index (χ1) is 16.6. The molecule has 1 aromatic rings. The van der Waals surface area contributed by atoms with Gasteiger partial charge in [0.15, 0.2) is 0 Å². The summed E-state index contributed by atoms with van der Waals surface area (Å²) in [5.41, 5.74) is 0.330. The third-order valence-electron chi connectivity index (χ3n) is 7.01. The van der Waals surface area contributed by atoms with E-state index in [4.69, 9.17) is 5.11 Å². The number of likely N-dealkylation sites (tertiary alicyclic amines) is 1. The maximum atomic E-state index is 15.7. The van der Waals surface area contributed by atoms with Gasteiger partial charge in [0.1, 0.15) is 24.4 Å². The Balaban J connectivity index is 1.50. The number of hydrogen-bond donors (Lipinski definition) is 6. The smallest absolute Gasteiger partial charge is 0.268 e. The van der Waals surface area contributed by atoms with Crippen LogP contribution in [-0.2, 0) is 4.79 Å². The van der Waals surface area contributed by atoms with Crippen LogP contribution in [0, 0.1) is 11.3 Å². The molecule has 0 aromatic carbocycles. The molecule has 4 heterocycles. The zero-order valence-corrected chi connectivity index (χ0v) is 19.6. The van der Waals surface area contributed by atoms with E-state index in [2.05, 4.69) is 32.3 Å². The van der Waals surface area contributed by atoms with Gasteiger partial charge < -0.3 is 25.6 Å². The molecular weight excluding hydrogens is 463 g/mol. The van der Waals surface area contributed by atoms with Gasteiger partial charge in [-0.3, -0.25) is 15.4 Å². The number of piperidine rings is 1. The van der Waals surface area contributed by atoms with E-state index >= 15 is 4.39 Å². The molecule has 12 heteroatoms. The molecule has 0 aliphatic carbocycles. The molecule has 2 atom stereocenters. The highest BCUT2D eigenvalue weighted by molar-refractivity contribution is 5.85. The van der Waals surface area contributed by atoms with E-state index in [0.717, 1.165) is 6.92 Å². The van der Waals surface area contributed by atoms with Gasteiger partial charge in [-0.05, 0) is 13.0 Å². The van der Waals surface area contributed by atoms with Gasteiger partial charge in [0.05, 0.1) is 17.3 Å². The highest BCUT2D eigenvalue weighted by Gasteiger charge is 2.42. The van der Waals surface area contributed by atoms with E-state index in [9.17, 15) is 18.8 Å². The number of nitrogens with zero attached hydrogens (tertiary/aromatic N) is 2. The zero-order valence-electron chi connectivity index (χ0n) is 19.6. The maximum absolute atomic E-state index is 15.7. The molecule has 1 saturated heterocycles. The SMILES string of the molecule is CC(NC1NCC(C#N)=C(c2c[nH]c3c2C=C(C(C)(F)F)CN3)N1)C1(F)CCN(C(=O)CO)CC1. The summed E-state index contributed by atoms with van der Waals surface area (Å²) < 4.78 is 43.6. The number of amides is 1. The number of carbonyl (C=O) groups excluding carboxylic acids is 1. The summed E-state index contributed by atoms with van der Waals surface area (Å²) in [5, 5.41) is 31.1. The lowest BCUT2D eigenvalue weighted by Gasteiger charge is -2.42. The van der Waals surface area contributed by atoms with Crippen molar-refractivity contribution in [1.29, 1.82) is 5.26 Å². The number of fused-ring (bicyclic) bond motifs is 1. The summed E-state index contributed by atoms with van der Waals surface area (Å²) >= 11 is 0. The van der Waals surface area contributed by atoms with Crippen molar-refractivity contribution in [2.45, 2.75) is 50.6 Å². The minimum absolute atomic E-state index is 0.0111. The quantitative estimate of drug-likeness (QED) is 0.354. The first kappa shape index (κ1) is 25.1. The lowest BCUT2D eigenvalue weighted by molar-refractivity contribution is -0.137. The third-order valence-corrected chi connectivity index (χ3v) is 7.01. The topological polar surface area (TPSA) is 128 Å². The summed E-state index contributed by atoms with van der Waals surface area (Å²) in [4.78, 5) is 16.2. The Bertz CT molecular complexity index is 1080. The molecule has 4 rings (SSSR count). The first-order valence-electron chi connectivity index (χ1n) is 11.6. The van der Waals surface area contributed by atoms with Gasteiger partial charge in [-0.15, -0.1) is 0 Å². The number of aromatic nitrogens is 1. The Hall–Kier alpha value is -3.01. The van der Waals surface area contributed by atoms with Crippen LogP contribution in [0.1, 0.15) is 37.8 Å². The van der Waals surface area contributed by atoms with Gasteiger partial charge in [-0.2, -0.15) is 5.26 Å². The van der Waals surface area contributed by atoms with Crippen molar-refractivity contribution in [3.05, 3.63) is 28.5 Å². The second kappa shape index (κ2) is 9.56. The molecule has 6 N–H and O–H groups in total. The van der Waals surface area contributed by atoms with Crippen molar-refractivity contribution in [3.63, 3.8) is 0 Å². The number of halogens is 3. The maximum Gasteiger partial charge on any atom is 0.268 e. The molecule has 0 bridgehead atoms. The number of alkyl halides is 3. The first-order valence-corrected chi connectivity index (χ1v) is 11.6. The fourth-order valence-electron chi connectivity index (χ4n) is 4.70. The molecule has 0 saturated carbocycles. The van der Waals surface area contributed by atoms with Crippen molar-refractivity contribution in [2.24, 2.45) is 0 Å². The van der Waals surface area contributed by atoms with Crippen LogP contribution >= 0.6 is 0 Å². The Morgan fingerprint density at radius 2 is 2.11 bits per heavy atom. The molecule has 190 valence electrons. The van der Waals surface area contributed by atoms with Crippen LogP contribution < -0.4 is 21.3 Å². The molecular formula is C23H30F3N7O2. The molecule has 3 aliphatic heterocycles. The van der Waals surface area contributed by atoms with Crippen molar-refractivity contribution >= 4 is 23.5 Å². The minimum atomic E-state index is -2.99. The Morgan fingerprint density at radius 1 is 1.40 bits per heavy atom. The molecule has 35 heavy (non-hydrogen) atoms. The number of anilines is 1. The summed E-state index contributed by atoms with van der Waals surface area (Å²) in [7, 11) is 0. The summed E-state index contributed by atoms with van der Waals surface area (Å²) in [5.74, 6) is -2.81. The highest BCUT2D eigenvalue weighted by atomic mass is 19.3. The Labute approximate surface area is 201 Å². The van der Waals surface area contributed by atoms with Crippen LogP contribution in [0.3, 0.4) is 0 Å². The van der Waals surface area contributed by atoms with E-state index in [1.165, 1.54) is 11.0 Å². The number of aliphatic hydroxyl groups is 1. The molecule has 1 amide bonds. The molecule has 1 fully saturated rings. The predicted octanol–water partition coefficient (Wildman–Crippen LogP) is 1.49. The second-order valence-corrected chi connectivity index (χ2v) is 9.29. The third kappa shape index (κ3) is 5.03. The van der Waals surface area contributed by atoms with E-state index in [-0.39, 0.29) is 44.6 Å². The number of hydrogen-bond acceptors (Lipinski definition) is 7. The number of aliphatic hydroxyl groups excluding tert-OH is 1. The minimum Gasteiger partial charge on any atom is -0.387 e. The summed E-state index contributed by atoms with van der Waals surface area (Å²) in [6.45, 7) is 2.62. The van der Waals surface area contributed by atoms with Gasteiger partial charge in [-0.1, -0.05) is 0 Å². The molecule has 1 aromatic heterocycles. The lowest BCUT2D eigenvalue weighted by Crippen LogP contribution is -2.63. The average Bonchev–Trinajstić information content (AvgIpc) is 3.26. The van der Waals surface area contributed by atoms with E-state index < -0.39 is 36.4 Å².